The molecule has 1 heterocycles. The number of sulfonamides is 1. The zero-order chi connectivity index (χ0) is 19.4. The first kappa shape index (κ1) is 19.7. The lowest BCUT2D eigenvalue weighted by Gasteiger charge is -2.17. The predicted octanol–water partition coefficient (Wildman–Crippen LogP) is 3.06. The number of methoxy groups -OCH3 is 1. The third-order valence-electron chi connectivity index (χ3n) is 4.46. The van der Waals surface area contributed by atoms with Gasteiger partial charge in [0, 0.05) is 25.2 Å². The van der Waals surface area contributed by atoms with Crippen LogP contribution in [0, 0.1) is 0 Å². The molecular weight excluding hydrogens is 388 g/mol. The van der Waals surface area contributed by atoms with Crippen LogP contribution in [0.15, 0.2) is 47.4 Å². The van der Waals surface area contributed by atoms with Crippen LogP contribution in [-0.4, -0.2) is 38.8 Å². The van der Waals surface area contributed by atoms with Crippen LogP contribution in [0.1, 0.15) is 28.8 Å². The molecule has 0 unspecified atom stereocenters. The second-order valence-corrected chi connectivity index (χ2v) is 8.60. The van der Waals surface area contributed by atoms with Crippen LogP contribution in [0.5, 0.6) is 5.75 Å². The smallest absolute Gasteiger partial charge is 0.251 e. The van der Waals surface area contributed by atoms with Crippen LogP contribution in [0.4, 0.5) is 0 Å². The van der Waals surface area contributed by atoms with Gasteiger partial charge in [0.15, 0.2) is 0 Å². The molecule has 1 N–H and O–H groups in total. The number of ether oxygens (including phenoxy) is 1. The standard InChI is InChI=1S/C19H21ClN2O4S/c1-26-16-6-4-5-14(11-16)13-21-19(23)15-7-8-17(20)18(12-15)27(24,25)22-9-2-3-10-22/h4-8,11-12H,2-3,9-10,13H2,1H3,(H,21,23). The Kier molecular flexibility index (Phi) is 6.04. The van der Waals surface area contributed by atoms with Crippen LogP contribution in [0.2, 0.25) is 5.02 Å². The monoisotopic (exact) mass is 408 g/mol. The maximum Gasteiger partial charge on any atom is 0.251 e. The van der Waals surface area contributed by atoms with Gasteiger partial charge in [0.1, 0.15) is 10.6 Å². The summed E-state index contributed by atoms with van der Waals surface area (Å²) < 4.78 is 32.1. The largest absolute Gasteiger partial charge is 0.497 e. The van der Waals surface area contributed by atoms with Crippen LogP contribution in [0.25, 0.3) is 0 Å². The number of amides is 1. The van der Waals surface area contributed by atoms with Gasteiger partial charge in [-0.3, -0.25) is 4.79 Å². The highest BCUT2D eigenvalue weighted by atomic mass is 35.5. The van der Waals surface area contributed by atoms with Crippen LogP contribution in [0.3, 0.4) is 0 Å². The molecule has 0 atom stereocenters. The van der Waals surface area contributed by atoms with Crippen molar-refractivity contribution < 1.29 is 17.9 Å². The number of benzene rings is 2. The predicted molar refractivity (Wildman–Crippen MR) is 104 cm³/mol. The molecule has 8 heteroatoms. The number of nitrogens with zero attached hydrogens (tertiary/aromatic N) is 1. The maximum absolute atomic E-state index is 12.8. The van der Waals surface area contributed by atoms with Crippen molar-refractivity contribution in [2.75, 3.05) is 20.2 Å². The van der Waals surface area contributed by atoms with E-state index < -0.39 is 10.0 Å². The number of nitrogens with one attached hydrogen (secondary N) is 1. The minimum absolute atomic E-state index is 0.0277. The molecule has 144 valence electrons. The summed E-state index contributed by atoms with van der Waals surface area (Å²) >= 11 is 6.12. The maximum atomic E-state index is 12.8. The Morgan fingerprint density at radius 3 is 2.63 bits per heavy atom. The van der Waals surface area contributed by atoms with Gasteiger partial charge in [0.25, 0.3) is 5.91 Å². The second-order valence-electron chi connectivity index (χ2n) is 6.29. The van der Waals surface area contributed by atoms with E-state index in [1.165, 1.54) is 22.5 Å². The fourth-order valence-electron chi connectivity index (χ4n) is 2.98. The fraction of sp³-hybridized carbons (Fsp3) is 0.316. The summed E-state index contributed by atoms with van der Waals surface area (Å²) in [7, 11) is -2.12. The van der Waals surface area contributed by atoms with Gasteiger partial charge >= 0.3 is 0 Å². The normalized spacial score (nSPS) is 14.9. The zero-order valence-corrected chi connectivity index (χ0v) is 16.5. The van der Waals surface area contributed by atoms with Gasteiger partial charge < -0.3 is 10.1 Å². The summed E-state index contributed by atoms with van der Waals surface area (Å²) in [5.41, 5.74) is 1.13. The zero-order valence-electron chi connectivity index (χ0n) is 14.9. The summed E-state index contributed by atoms with van der Waals surface area (Å²) in [6.07, 6.45) is 1.66. The number of carbonyl (C=O) groups excluding carboxylic acids is 1. The van der Waals surface area contributed by atoms with E-state index in [0.717, 1.165) is 18.4 Å². The molecule has 0 spiro atoms. The van der Waals surface area contributed by atoms with Gasteiger partial charge in [-0.25, -0.2) is 8.42 Å². The molecule has 2 aromatic carbocycles. The van der Waals surface area contributed by atoms with Crippen LogP contribution in [-0.2, 0) is 16.6 Å². The quantitative estimate of drug-likeness (QED) is 0.797. The number of carbonyl (C=O) groups is 1. The van der Waals surface area contributed by atoms with E-state index in [-0.39, 0.29) is 21.4 Å². The Labute approximate surface area is 164 Å². The summed E-state index contributed by atoms with van der Waals surface area (Å²) in [6.45, 7) is 1.25. The number of hydrogen-bond donors (Lipinski definition) is 1. The van der Waals surface area contributed by atoms with Crippen molar-refractivity contribution in [2.45, 2.75) is 24.3 Å². The van der Waals surface area contributed by atoms with Crippen molar-refractivity contribution in [3.8, 4) is 5.75 Å². The highest BCUT2D eigenvalue weighted by molar-refractivity contribution is 7.89. The van der Waals surface area contributed by atoms with Crippen molar-refractivity contribution in [1.82, 2.24) is 9.62 Å². The van der Waals surface area contributed by atoms with Crippen LogP contribution >= 0.6 is 11.6 Å². The Balaban J connectivity index is 1.77. The van der Waals surface area contributed by atoms with E-state index in [4.69, 9.17) is 16.3 Å². The third-order valence-corrected chi connectivity index (χ3v) is 6.84. The van der Waals surface area contributed by atoms with Crippen LogP contribution < -0.4 is 10.1 Å². The fourth-order valence-corrected chi connectivity index (χ4v) is 4.99. The van der Waals surface area contributed by atoms with E-state index in [1.807, 2.05) is 24.3 Å². The Hall–Kier alpha value is -2.09. The molecule has 1 aliphatic heterocycles. The van der Waals surface area contributed by atoms with Gasteiger partial charge in [-0.1, -0.05) is 23.7 Å². The summed E-state index contributed by atoms with van der Waals surface area (Å²) in [5, 5.41) is 2.91. The summed E-state index contributed by atoms with van der Waals surface area (Å²) in [5.74, 6) is 0.333. The Morgan fingerprint density at radius 2 is 1.93 bits per heavy atom. The van der Waals surface area contributed by atoms with Crippen molar-refractivity contribution in [3.05, 3.63) is 58.6 Å². The Morgan fingerprint density at radius 1 is 1.19 bits per heavy atom. The first-order chi connectivity index (χ1) is 12.9. The first-order valence-corrected chi connectivity index (χ1v) is 10.4. The van der Waals surface area contributed by atoms with E-state index in [0.29, 0.717) is 25.4 Å². The molecule has 0 bridgehead atoms. The molecule has 3 rings (SSSR count). The van der Waals surface area contributed by atoms with E-state index in [1.54, 1.807) is 7.11 Å². The average molecular weight is 409 g/mol. The number of rotatable bonds is 6. The lowest BCUT2D eigenvalue weighted by Crippen LogP contribution is -2.29. The summed E-state index contributed by atoms with van der Waals surface area (Å²) in [4.78, 5) is 12.5. The average Bonchev–Trinajstić information content (AvgIpc) is 3.22. The van der Waals surface area contributed by atoms with Crippen molar-refractivity contribution >= 4 is 27.5 Å². The van der Waals surface area contributed by atoms with Gasteiger partial charge in [-0.05, 0) is 48.7 Å². The molecule has 1 saturated heterocycles. The molecule has 1 fully saturated rings. The van der Waals surface area contributed by atoms with Gasteiger partial charge in [0.2, 0.25) is 10.0 Å². The number of halogens is 1. The molecule has 0 radical (unpaired) electrons. The van der Waals surface area contributed by atoms with Crippen molar-refractivity contribution in [1.29, 1.82) is 0 Å². The Bertz CT molecular complexity index is 940. The highest BCUT2D eigenvalue weighted by Gasteiger charge is 2.29. The molecule has 0 aromatic heterocycles. The molecule has 27 heavy (non-hydrogen) atoms. The molecule has 2 aromatic rings. The lowest BCUT2D eigenvalue weighted by molar-refractivity contribution is 0.0950. The first-order valence-electron chi connectivity index (χ1n) is 8.62. The van der Waals surface area contributed by atoms with Gasteiger partial charge in [-0.2, -0.15) is 4.31 Å². The molecule has 6 nitrogen and oxygen atoms in total. The van der Waals surface area contributed by atoms with Gasteiger partial charge in [-0.15, -0.1) is 0 Å². The minimum atomic E-state index is -3.70. The van der Waals surface area contributed by atoms with E-state index in [2.05, 4.69) is 5.32 Å². The molecular formula is C19H21ClN2O4S. The second kappa shape index (κ2) is 8.29. The van der Waals surface area contributed by atoms with E-state index in [9.17, 15) is 13.2 Å². The highest BCUT2D eigenvalue weighted by Crippen LogP contribution is 2.28. The minimum Gasteiger partial charge on any atom is -0.497 e. The van der Waals surface area contributed by atoms with Crippen molar-refractivity contribution in [3.63, 3.8) is 0 Å². The van der Waals surface area contributed by atoms with Crippen molar-refractivity contribution in [2.24, 2.45) is 0 Å². The SMILES string of the molecule is COc1cccc(CNC(=O)c2ccc(Cl)c(S(=O)(=O)N3CCCC3)c2)c1. The number of hydrogen-bond acceptors (Lipinski definition) is 4. The van der Waals surface area contributed by atoms with Gasteiger partial charge in [0.05, 0.1) is 12.1 Å². The molecule has 0 aliphatic carbocycles. The van der Waals surface area contributed by atoms with E-state index >= 15 is 0 Å². The summed E-state index contributed by atoms with van der Waals surface area (Å²) in [6, 6.07) is 11.7. The lowest BCUT2D eigenvalue weighted by atomic mass is 10.2. The third kappa shape index (κ3) is 4.43. The topological polar surface area (TPSA) is 75.7 Å². The molecule has 1 aliphatic rings. The molecule has 1 amide bonds. The molecule has 0 saturated carbocycles.